The Morgan fingerprint density at radius 3 is 2.44 bits per heavy atom. The van der Waals surface area contributed by atoms with Gasteiger partial charge in [-0.05, 0) is 55.1 Å². The molecule has 2 rings (SSSR count). The van der Waals surface area contributed by atoms with Gasteiger partial charge in [0.25, 0.3) is 0 Å². The van der Waals surface area contributed by atoms with E-state index < -0.39 is 18.2 Å². The summed E-state index contributed by atoms with van der Waals surface area (Å²) in [4.78, 5) is 26.3. The van der Waals surface area contributed by atoms with E-state index in [0.29, 0.717) is 30.3 Å². The van der Waals surface area contributed by atoms with Gasteiger partial charge in [-0.3, -0.25) is 15.0 Å². The van der Waals surface area contributed by atoms with E-state index in [-0.39, 0.29) is 6.42 Å². The maximum absolute atomic E-state index is 12.6. The Bertz CT molecular complexity index is 861. The van der Waals surface area contributed by atoms with Crippen molar-refractivity contribution in [2.24, 2.45) is 11.5 Å². The highest BCUT2D eigenvalue weighted by Gasteiger charge is 2.25. The van der Waals surface area contributed by atoms with Gasteiger partial charge in [-0.2, -0.15) is 0 Å². The molecule has 0 aromatic heterocycles. The zero-order valence-electron chi connectivity index (χ0n) is 18.6. The van der Waals surface area contributed by atoms with Gasteiger partial charge in [0, 0.05) is 23.8 Å². The van der Waals surface area contributed by atoms with Crippen LogP contribution in [0, 0.1) is 0 Å². The van der Waals surface area contributed by atoms with Gasteiger partial charge in [0.2, 0.25) is 5.91 Å². The van der Waals surface area contributed by atoms with Crippen molar-refractivity contribution < 1.29 is 14.3 Å². The highest BCUT2D eigenvalue weighted by atomic mass is 35.5. The molecule has 0 aliphatic heterocycles. The molecular formula is C24H33ClN4O3. The normalized spacial score (nSPS) is 11.9. The van der Waals surface area contributed by atoms with E-state index in [1.54, 1.807) is 6.07 Å². The summed E-state index contributed by atoms with van der Waals surface area (Å²) in [5.74, 6) is -0.554. The minimum absolute atomic E-state index is 0.121. The second kappa shape index (κ2) is 13.7. The van der Waals surface area contributed by atoms with Crippen LogP contribution in [0.3, 0.4) is 0 Å². The average Bonchev–Trinajstić information content (AvgIpc) is 2.77. The molecule has 0 spiro atoms. The second-order valence-electron chi connectivity index (χ2n) is 7.62. The van der Waals surface area contributed by atoms with Crippen LogP contribution >= 0.6 is 11.6 Å². The summed E-state index contributed by atoms with van der Waals surface area (Å²) < 4.78 is 5.66. The third-order valence-corrected chi connectivity index (χ3v) is 5.48. The van der Waals surface area contributed by atoms with Gasteiger partial charge in [0.05, 0.1) is 6.42 Å². The van der Waals surface area contributed by atoms with Crippen LogP contribution in [0.2, 0.25) is 5.02 Å². The van der Waals surface area contributed by atoms with E-state index in [1.807, 2.05) is 47.4 Å². The minimum Gasteiger partial charge on any atom is -0.429 e. The van der Waals surface area contributed by atoms with Crippen LogP contribution in [-0.4, -0.2) is 36.2 Å². The molecule has 1 unspecified atom stereocenters. The Morgan fingerprint density at radius 1 is 1.09 bits per heavy atom. The lowest BCUT2D eigenvalue weighted by atomic mass is 10.1. The maximum atomic E-state index is 12.6. The molecular weight excluding hydrogens is 428 g/mol. The fourth-order valence-electron chi connectivity index (χ4n) is 3.32. The number of primary amides is 1. The lowest BCUT2D eigenvalue weighted by Crippen LogP contribution is -2.42. The lowest BCUT2D eigenvalue weighted by Gasteiger charge is -2.31. The molecule has 0 fully saturated rings. The molecule has 7 nitrogen and oxygen atoms in total. The van der Waals surface area contributed by atoms with E-state index in [9.17, 15) is 9.59 Å². The van der Waals surface area contributed by atoms with Crippen LogP contribution in [-0.2, 0) is 22.5 Å². The molecule has 0 heterocycles. The molecule has 5 N–H and O–H groups in total. The summed E-state index contributed by atoms with van der Waals surface area (Å²) in [7, 11) is 0. The molecule has 0 bridgehead atoms. The van der Waals surface area contributed by atoms with E-state index in [2.05, 4.69) is 12.2 Å². The Kier molecular flexibility index (Phi) is 11.0. The lowest BCUT2D eigenvalue weighted by molar-refractivity contribution is -0.123. The zero-order chi connectivity index (χ0) is 23.3. The number of benzene rings is 2. The molecule has 8 heteroatoms. The summed E-state index contributed by atoms with van der Waals surface area (Å²) in [5.41, 5.74) is 13.7. The number of anilines is 1. The van der Waals surface area contributed by atoms with E-state index in [1.165, 1.54) is 5.56 Å². The first-order chi connectivity index (χ1) is 15.4. The number of hydrogen-bond acceptors (Lipinski definition) is 5. The predicted molar refractivity (Wildman–Crippen MR) is 128 cm³/mol. The van der Waals surface area contributed by atoms with E-state index in [4.69, 9.17) is 27.8 Å². The fraction of sp³-hybridized carbons (Fsp3) is 0.417. The molecule has 0 saturated heterocycles. The van der Waals surface area contributed by atoms with Gasteiger partial charge < -0.3 is 16.2 Å². The first-order valence-corrected chi connectivity index (χ1v) is 11.3. The number of hydrogen-bond donors (Lipinski definition) is 3. The van der Waals surface area contributed by atoms with Crippen molar-refractivity contribution in [3.8, 4) is 0 Å². The monoisotopic (exact) mass is 460 g/mol. The SMILES string of the molecule is CCc1ccc(NC(=O)OC(CC(N)=O)N(CCCCCN)Cc2ccccc2Cl)cc1. The highest BCUT2D eigenvalue weighted by Crippen LogP contribution is 2.21. The first kappa shape index (κ1) is 25.6. The number of unbranched alkanes of at least 4 members (excludes halogenated alkanes) is 2. The number of amides is 2. The Balaban J connectivity index is 2.14. The molecule has 0 saturated carbocycles. The Hall–Kier alpha value is -2.61. The molecule has 0 radical (unpaired) electrons. The van der Waals surface area contributed by atoms with Crippen LogP contribution in [0.5, 0.6) is 0 Å². The van der Waals surface area contributed by atoms with Crippen molar-refractivity contribution in [2.45, 2.75) is 51.8 Å². The van der Waals surface area contributed by atoms with Crippen molar-refractivity contribution in [3.63, 3.8) is 0 Å². The number of carbonyl (C=O) groups is 2. The third-order valence-electron chi connectivity index (χ3n) is 5.12. The van der Waals surface area contributed by atoms with Gasteiger partial charge in [0.15, 0.2) is 6.23 Å². The number of carbonyl (C=O) groups excluding carboxylic acids is 2. The smallest absolute Gasteiger partial charge is 0.413 e. The Morgan fingerprint density at radius 2 is 1.81 bits per heavy atom. The molecule has 0 aliphatic carbocycles. The fourth-order valence-corrected chi connectivity index (χ4v) is 3.51. The number of rotatable bonds is 13. The van der Waals surface area contributed by atoms with Crippen molar-refractivity contribution in [3.05, 3.63) is 64.7 Å². The van der Waals surface area contributed by atoms with Crippen LogP contribution in [0.15, 0.2) is 48.5 Å². The van der Waals surface area contributed by atoms with Crippen LogP contribution in [0.4, 0.5) is 10.5 Å². The number of halogens is 1. The largest absolute Gasteiger partial charge is 0.429 e. The van der Waals surface area contributed by atoms with Gasteiger partial charge in [0.1, 0.15) is 0 Å². The Labute approximate surface area is 195 Å². The standard InChI is InChI=1S/C24H33ClN4O3/c1-2-18-10-12-20(13-11-18)28-24(31)32-23(16-22(27)30)29(15-7-3-6-14-26)17-19-8-4-5-9-21(19)25/h4-5,8-13,23H,2-3,6-7,14-17,26H2,1H3,(H2,27,30)(H,28,31). The van der Waals surface area contributed by atoms with Gasteiger partial charge >= 0.3 is 6.09 Å². The summed E-state index contributed by atoms with van der Waals surface area (Å²) >= 11 is 6.35. The van der Waals surface area contributed by atoms with E-state index in [0.717, 1.165) is 31.2 Å². The van der Waals surface area contributed by atoms with Gasteiger partial charge in [-0.15, -0.1) is 0 Å². The second-order valence-corrected chi connectivity index (χ2v) is 8.02. The number of nitrogens with one attached hydrogen (secondary N) is 1. The zero-order valence-corrected chi connectivity index (χ0v) is 19.3. The molecule has 2 aromatic rings. The summed E-state index contributed by atoms with van der Waals surface area (Å²) in [6.45, 7) is 3.69. The maximum Gasteiger partial charge on any atom is 0.413 e. The third kappa shape index (κ3) is 8.86. The van der Waals surface area contributed by atoms with Gasteiger partial charge in [-0.1, -0.05) is 55.3 Å². The highest BCUT2D eigenvalue weighted by molar-refractivity contribution is 6.31. The number of nitrogens with zero attached hydrogens (tertiary/aromatic N) is 1. The van der Waals surface area contributed by atoms with Crippen LogP contribution in [0.1, 0.15) is 43.7 Å². The molecule has 32 heavy (non-hydrogen) atoms. The minimum atomic E-state index is -0.823. The molecule has 0 aliphatic rings. The summed E-state index contributed by atoms with van der Waals surface area (Å²) in [5, 5.41) is 3.33. The van der Waals surface area contributed by atoms with Crippen molar-refractivity contribution in [1.82, 2.24) is 4.90 Å². The quantitative estimate of drug-likeness (QED) is 0.305. The number of aryl methyl sites for hydroxylation is 1. The average molecular weight is 461 g/mol. The number of ether oxygens (including phenoxy) is 1. The predicted octanol–water partition coefficient (Wildman–Crippen LogP) is 4.28. The summed E-state index contributed by atoms with van der Waals surface area (Å²) in [6, 6.07) is 15.0. The van der Waals surface area contributed by atoms with Crippen molar-refractivity contribution in [1.29, 1.82) is 0 Å². The van der Waals surface area contributed by atoms with Crippen molar-refractivity contribution in [2.75, 3.05) is 18.4 Å². The van der Waals surface area contributed by atoms with Crippen molar-refractivity contribution >= 4 is 29.3 Å². The van der Waals surface area contributed by atoms with Crippen LogP contribution in [0.25, 0.3) is 0 Å². The van der Waals surface area contributed by atoms with E-state index >= 15 is 0 Å². The molecule has 174 valence electrons. The molecule has 2 aromatic carbocycles. The topological polar surface area (TPSA) is 111 Å². The number of nitrogens with two attached hydrogens (primary N) is 2. The first-order valence-electron chi connectivity index (χ1n) is 10.9. The van der Waals surface area contributed by atoms with Gasteiger partial charge in [-0.25, -0.2) is 4.79 Å². The van der Waals surface area contributed by atoms with Crippen LogP contribution < -0.4 is 16.8 Å². The summed E-state index contributed by atoms with van der Waals surface area (Å²) in [6.07, 6.45) is 1.98. The molecule has 2 amide bonds. The molecule has 1 atom stereocenters.